The first-order chi connectivity index (χ1) is 12.1. The van der Waals surface area contributed by atoms with E-state index in [1.807, 2.05) is 6.07 Å². The van der Waals surface area contributed by atoms with E-state index in [0.717, 1.165) is 29.8 Å². The lowest BCUT2D eigenvalue weighted by molar-refractivity contribution is -0.0425. The molecule has 0 radical (unpaired) electrons. The second-order valence-electron chi connectivity index (χ2n) is 9.78. The Morgan fingerprint density at radius 1 is 1.24 bits per heavy atom. The maximum absolute atomic E-state index is 10.2. The minimum Gasteiger partial charge on any atom is -0.508 e. The highest BCUT2D eigenvalue weighted by atomic mass is 16.3. The second-order valence-corrected chi connectivity index (χ2v) is 9.78. The molecule has 2 unspecified atom stereocenters. The molecule has 5 rings (SSSR count). The lowest BCUT2D eigenvalue weighted by Gasteiger charge is -2.61. The summed E-state index contributed by atoms with van der Waals surface area (Å²) in [6.45, 7) is 6.19. The molecule has 0 amide bonds. The molecule has 25 heavy (non-hydrogen) atoms. The van der Waals surface area contributed by atoms with Gasteiger partial charge in [0.2, 0.25) is 0 Å². The molecular weight excluding hydrogens is 306 g/mol. The molecule has 1 saturated heterocycles. The van der Waals surface area contributed by atoms with Crippen molar-refractivity contribution < 1.29 is 5.11 Å². The predicted octanol–water partition coefficient (Wildman–Crippen LogP) is 4.89. The number of fused-ring (bicyclic) bond motifs is 1. The molecule has 136 valence electrons. The third-order valence-electron chi connectivity index (χ3n) is 8.10. The Kier molecular flexibility index (Phi) is 3.71. The van der Waals surface area contributed by atoms with Gasteiger partial charge < -0.3 is 5.11 Å². The fourth-order valence-corrected chi connectivity index (χ4v) is 6.84. The molecule has 1 aliphatic heterocycles. The predicted molar refractivity (Wildman–Crippen MR) is 102 cm³/mol. The molecule has 5 atom stereocenters. The van der Waals surface area contributed by atoms with Gasteiger partial charge in [-0.1, -0.05) is 32.3 Å². The molecule has 1 heterocycles. The van der Waals surface area contributed by atoms with Crippen molar-refractivity contribution in [1.82, 2.24) is 4.90 Å². The third-order valence-corrected chi connectivity index (χ3v) is 8.10. The zero-order valence-corrected chi connectivity index (χ0v) is 15.9. The van der Waals surface area contributed by atoms with Crippen molar-refractivity contribution in [1.29, 1.82) is 0 Å². The minimum atomic E-state index is 0.338. The number of aromatic hydroxyl groups is 1. The number of hydrogen-bond acceptors (Lipinski definition) is 2. The van der Waals surface area contributed by atoms with Crippen LogP contribution in [-0.4, -0.2) is 28.6 Å². The van der Waals surface area contributed by atoms with Crippen LogP contribution in [0.5, 0.6) is 5.75 Å². The van der Waals surface area contributed by atoms with E-state index in [9.17, 15) is 5.11 Å². The highest BCUT2D eigenvalue weighted by molar-refractivity contribution is 5.45. The quantitative estimate of drug-likeness (QED) is 0.848. The van der Waals surface area contributed by atoms with Crippen molar-refractivity contribution >= 4 is 0 Å². The normalized spacial score (nSPS) is 38.7. The van der Waals surface area contributed by atoms with Crippen molar-refractivity contribution in [2.75, 3.05) is 6.54 Å². The third kappa shape index (κ3) is 2.55. The molecule has 2 saturated carbocycles. The van der Waals surface area contributed by atoms with Gasteiger partial charge in [-0.15, -0.1) is 0 Å². The molecule has 1 aromatic carbocycles. The van der Waals surface area contributed by atoms with Crippen molar-refractivity contribution in [2.24, 2.45) is 17.8 Å². The van der Waals surface area contributed by atoms with Crippen LogP contribution in [0, 0.1) is 17.8 Å². The molecular formula is C23H33NO. The van der Waals surface area contributed by atoms with E-state index < -0.39 is 0 Å². The van der Waals surface area contributed by atoms with Crippen LogP contribution in [0.25, 0.3) is 0 Å². The van der Waals surface area contributed by atoms with Gasteiger partial charge in [-0.25, -0.2) is 0 Å². The first-order valence-corrected chi connectivity index (χ1v) is 10.6. The number of rotatable bonds is 3. The number of piperidine rings is 1. The van der Waals surface area contributed by atoms with Gasteiger partial charge in [-0.05, 0) is 86.6 Å². The Hall–Kier alpha value is -1.02. The van der Waals surface area contributed by atoms with Gasteiger partial charge >= 0.3 is 0 Å². The van der Waals surface area contributed by atoms with Gasteiger partial charge in [-0.2, -0.15) is 0 Å². The van der Waals surface area contributed by atoms with Crippen LogP contribution in [0.1, 0.15) is 69.9 Å². The van der Waals surface area contributed by atoms with Crippen LogP contribution < -0.4 is 0 Å². The fraction of sp³-hybridized carbons (Fsp3) is 0.739. The maximum Gasteiger partial charge on any atom is 0.115 e. The molecule has 1 N–H and O–H groups in total. The SMILES string of the molecule is CC1CC[C@H]2[C@H]3Cc4ccc(O)cc4[C@@]2(CCN3C(C)CC2CC2)C1. The number of benzene rings is 1. The van der Waals surface area contributed by atoms with Crippen LogP contribution in [-0.2, 0) is 11.8 Å². The van der Waals surface area contributed by atoms with Crippen molar-refractivity contribution in [2.45, 2.75) is 82.7 Å². The number of phenolic OH excluding ortho intramolecular Hbond substituents is 1. The average Bonchev–Trinajstić information content (AvgIpc) is 3.39. The monoisotopic (exact) mass is 339 g/mol. The largest absolute Gasteiger partial charge is 0.508 e. The summed E-state index contributed by atoms with van der Waals surface area (Å²) in [7, 11) is 0. The summed E-state index contributed by atoms with van der Waals surface area (Å²) in [6, 6.07) is 7.74. The van der Waals surface area contributed by atoms with Gasteiger partial charge in [0.1, 0.15) is 5.75 Å². The van der Waals surface area contributed by atoms with Crippen molar-refractivity contribution in [3.63, 3.8) is 0 Å². The molecule has 2 heteroatoms. The van der Waals surface area contributed by atoms with Crippen LogP contribution in [0.3, 0.4) is 0 Å². The highest BCUT2D eigenvalue weighted by Gasteiger charge is 2.55. The summed E-state index contributed by atoms with van der Waals surface area (Å²) < 4.78 is 0. The van der Waals surface area contributed by atoms with Crippen LogP contribution in [0.15, 0.2) is 18.2 Å². The molecule has 0 aromatic heterocycles. The Morgan fingerprint density at radius 3 is 2.88 bits per heavy atom. The van der Waals surface area contributed by atoms with Gasteiger partial charge in [0.15, 0.2) is 0 Å². The maximum atomic E-state index is 10.2. The standard InChI is InChI=1S/C23H33NO/c1-15-3-8-20-22-12-18-6-7-19(25)13-21(18)23(20,14-15)9-10-24(22)16(2)11-17-4-5-17/h6-7,13,15-17,20,22,25H,3-5,8-12,14H2,1-2H3/t15?,16?,20-,22+,23-/m0/s1. The molecule has 3 fully saturated rings. The fourth-order valence-electron chi connectivity index (χ4n) is 6.84. The Bertz CT molecular complexity index is 666. The minimum absolute atomic E-state index is 0.338. The van der Waals surface area contributed by atoms with Gasteiger partial charge in [0.05, 0.1) is 0 Å². The van der Waals surface area contributed by atoms with E-state index in [2.05, 4.69) is 30.9 Å². The average molecular weight is 340 g/mol. The van der Waals surface area contributed by atoms with E-state index >= 15 is 0 Å². The van der Waals surface area contributed by atoms with E-state index in [-0.39, 0.29) is 0 Å². The molecule has 3 aliphatic carbocycles. The highest BCUT2D eigenvalue weighted by Crippen LogP contribution is 2.57. The zero-order chi connectivity index (χ0) is 17.2. The number of likely N-dealkylation sites (tertiary alicyclic amines) is 1. The topological polar surface area (TPSA) is 23.5 Å². The van der Waals surface area contributed by atoms with Crippen molar-refractivity contribution in [3.05, 3.63) is 29.3 Å². The molecule has 0 spiro atoms. The van der Waals surface area contributed by atoms with E-state index in [1.54, 1.807) is 0 Å². The van der Waals surface area contributed by atoms with Gasteiger partial charge in [-0.3, -0.25) is 4.90 Å². The number of phenols is 1. The van der Waals surface area contributed by atoms with Crippen LogP contribution >= 0.6 is 0 Å². The van der Waals surface area contributed by atoms with E-state index in [4.69, 9.17) is 0 Å². The molecule has 1 aromatic rings. The Morgan fingerprint density at radius 2 is 2.08 bits per heavy atom. The van der Waals surface area contributed by atoms with Crippen molar-refractivity contribution in [3.8, 4) is 5.75 Å². The Balaban J connectivity index is 1.54. The summed E-state index contributed by atoms with van der Waals surface area (Å²) in [5, 5.41) is 10.2. The summed E-state index contributed by atoms with van der Waals surface area (Å²) >= 11 is 0. The lowest BCUT2D eigenvalue weighted by atomic mass is 9.50. The van der Waals surface area contributed by atoms with Crippen LogP contribution in [0.4, 0.5) is 0 Å². The van der Waals surface area contributed by atoms with E-state index in [1.165, 1.54) is 69.0 Å². The Labute approximate surface area is 152 Å². The molecule has 4 aliphatic rings. The van der Waals surface area contributed by atoms with Gasteiger partial charge in [0.25, 0.3) is 0 Å². The number of nitrogens with zero attached hydrogens (tertiary/aromatic N) is 1. The summed E-state index contributed by atoms with van der Waals surface area (Å²) in [5.41, 5.74) is 3.37. The second kappa shape index (κ2) is 5.74. The van der Waals surface area contributed by atoms with Crippen LogP contribution in [0.2, 0.25) is 0 Å². The molecule has 2 nitrogen and oxygen atoms in total. The summed E-state index contributed by atoms with van der Waals surface area (Å²) in [6.07, 6.45) is 10.9. The van der Waals surface area contributed by atoms with Gasteiger partial charge in [0, 0.05) is 17.5 Å². The smallest absolute Gasteiger partial charge is 0.115 e. The molecule has 2 bridgehead atoms. The van der Waals surface area contributed by atoms with E-state index in [0.29, 0.717) is 11.2 Å². The summed E-state index contributed by atoms with van der Waals surface area (Å²) in [4.78, 5) is 2.90. The first-order valence-electron chi connectivity index (χ1n) is 10.6. The number of hydrogen-bond donors (Lipinski definition) is 1. The first kappa shape index (κ1) is 16.2. The lowest BCUT2D eigenvalue weighted by Crippen LogP contribution is -2.63. The summed E-state index contributed by atoms with van der Waals surface area (Å²) in [5.74, 6) is 3.10. The zero-order valence-electron chi connectivity index (χ0n) is 15.9.